The standard InChI is InChI=1S/C11H7N3O2.C2H6/c15-10-11(16)14-9-6-2-1-5-12-7(6)3-4-8(9)13-10;1-2/h1-5H,(H,13,15)(H,14,16);1-2H3. The quantitative estimate of drug-likeness (QED) is 0.466. The van der Waals surface area contributed by atoms with E-state index in [1.165, 1.54) is 0 Å². The number of nitrogens with one attached hydrogen (secondary N) is 2. The zero-order valence-electron chi connectivity index (χ0n) is 10.2. The van der Waals surface area contributed by atoms with E-state index in [1.807, 2.05) is 19.9 Å². The van der Waals surface area contributed by atoms with Gasteiger partial charge in [-0.05, 0) is 24.3 Å². The normalized spacial score (nSPS) is 10.1. The molecule has 0 aliphatic heterocycles. The van der Waals surface area contributed by atoms with Crippen LogP contribution in [0.3, 0.4) is 0 Å². The summed E-state index contributed by atoms with van der Waals surface area (Å²) in [5.41, 5.74) is 0.692. The molecule has 0 atom stereocenters. The third-order valence-electron chi connectivity index (χ3n) is 2.48. The molecule has 2 aromatic heterocycles. The van der Waals surface area contributed by atoms with Crippen molar-refractivity contribution in [3.63, 3.8) is 0 Å². The maximum atomic E-state index is 11.3. The highest BCUT2D eigenvalue weighted by molar-refractivity contribution is 6.01. The third kappa shape index (κ3) is 1.90. The van der Waals surface area contributed by atoms with Crippen LogP contribution in [0.15, 0.2) is 40.1 Å². The smallest absolute Gasteiger partial charge is 0.314 e. The lowest BCUT2D eigenvalue weighted by atomic mass is 10.2. The summed E-state index contributed by atoms with van der Waals surface area (Å²) < 4.78 is 0. The number of hydrogen-bond acceptors (Lipinski definition) is 3. The van der Waals surface area contributed by atoms with Gasteiger partial charge in [0.25, 0.3) is 0 Å². The molecule has 18 heavy (non-hydrogen) atoms. The summed E-state index contributed by atoms with van der Waals surface area (Å²) in [6.07, 6.45) is 1.68. The molecule has 0 saturated carbocycles. The van der Waals surface area contributed by atoms with Gasteiger partial charge in [0.1, 0.15) is 0 Å². The minimum Gasteiger partial charge on any atom is -0.316 e. The van der Waals surface area contributed by atoms with Crippen molar-refractivity contribution in [1.82, 2.24) is 15.0 Å². The SMILES string of the molecule is CC.O=c1[nH]c2ccc3ncccc3c2[nH]c1=O. The van der Waals surface area contributed by atoms with Crippen molar-refractivity contribution >= 4 is 21.9 Å². The summed E-state index contributed by atoms with van der Waals surface area (Å²) >= 11 is 0. The fourth-order valence-corrected chi connectivity index (χ4v) is 1.74. The minimum absolute atomic E-state index is 0.602. The first-order valence-corrected chi connectivity index (χ1v) is 5.76. The van der Waals surface area contributed by atoms with Crippen molar-refractivity contribution in [1.29, 1.82) is 0 Å². The lowest BCUT2D eigenvalue weighted by molar-refractivity contribution is 1.15. The van der Waals surface area contributed by atoms with Crippen molar-refractivity contribution < 1.29 is 0 Å². The van der Waals surface area contributed by atoms with E-state index >= 15 is 0 Å². The average Bonchev–Trinajstić information content (AvgIpc) is 2.42. The molecular weight excluding hydrogens is 230 g/mol. The topological polar surface area (TPSA) is 78.6 Å². The number of benzene rings is 1. The Balaban J connectivity index is 0.000000574. The highest BCUT2D eigenvalue weighted by Crippen LogP contribution is 2.18. The molecule has 0 bridgehead atoms. The number of rotatable bonds is 0. The van der Waals surface area contributed by atoms with Gasteiger partial charge in [0.05, 0.1) is 16.6 Å². The van der Waals surface area contributed by atoms with Gasteiger partial charge in [-0.3, -0.25) is 14.6 Å². The van der Waals surface area contributed by atoms with E-state index in [0.29, 0.717) is 11.0 Å². The molecule has 3 rings (SSSR count). The predicted molar refractivity (Wildman–Crippen MR) is 71.8 cm³/mol. The monoisotopic (exact) mass is 243 g/mol. The van der Waals surface area contributed by atoms with Crippen molar-refractivity contribution in [3.8, 4) is 0 Å². The first kappa shape index (κ1) is 12.0. The molecule has 2 heterocycles. The number of hydrogen-bond donors (Lipinski definition) is 2. The second kappa shape index (κ2) is 4.83. The van der Waals surface area contributed by atoms with Crippen LogP contribution in [0.2, 0.25) is 0 Å². The Morgan fingerprint density at radius 2 is 1.72 bits per heavy atom. The van der Waals surface area contributed by atoms with Crippen molar-refractivity contribution in [3.05, 3.63) is 51.2 Å². The summed E-state index contributed by atoms with van der Waals surface area (Å²) in [6, 6.07) is 7.15. The van der Waals surface area contributed by atoms with Gasteiger partial charge in [0.15, 0.2) is 0 Å². The van der Waals surface area contributed by atoms with E-state index in [1.54, 1.807) is 24.4 Å². The van der Waals surface area contributed by atoms with Crippen LogP contribution < -0.4 is 11.1 Å². The van der Waals surface area contributed by atoms with Crippen LogP contribution in [0, 0.1) is 0 Å². The Bertz CT molecular complexity index is 802. The molecule has 5 heteroatoms. The molecular formula is C13H13N3O2. The van der Waals surface area contributed by atoms with Gasteiger partial charge in [0, 0.05) is 11.6 Å². The summed E-state index contributed by atoms with van der Waals surface area (Å²) in [5, 5.41) is 0.813. The van der Waals surface area contributed by atoms with E-state index in [9.17, 15) is 9.59 Å². The second-order valence-corrected chi connectivity index (χ2v) is 3.47. The molecule has 0 fully saturated rings. The highest BCUT2D eigenvalue weighted by Gasteiger charge is 2.03. The maximum Gasteiger partial charge on any atom is 0.314 e. The Labute approximate surface area is 103 Å². The largest absolute Gasteiger partial charge is 0.316 e. The Morgan fingerprint density at radius 3 is 2.50 bits per heavy atom. The van der Waals surface area contributed by atoms with E-state index in [-0.39, 0.29) is 0 Å². The minimum atomic E-state index is -0.649. The summed E-state index contributed by atoms with van der Waals surface area (Å²) in [6.45, 7) is 4.00. The van der Waals surface area contributed by atoms with E-state index < -0.39 is 11.1 Å². The number of nitrogens with zero attached hydrogens (tertiary/aromatic N) is 1. The summed E-state index contributed by atoms with van der Waals surface area (Å²) in [7, 11) is 0. The molecule has 0 aliphatic carbocycles. The van der Waals surface area contributed by atoms with Crippen LogP contribution in [0.1, 0.15) is 13.8 Å². The van der Waals surface area contributed by atoms with Gasteiger partial charge < -0.3 is 9.97 Å². The maximum absolute atomic E-state index is 11.3. The number of H-pyrrole nitrogens is 2. The molecule has 0 saturated heterocycles. The lowest BCUT2D eigenvalue weighted by Crippen LogP contribution is -2.28. The van der Waals surface area contributed by atoms with Crippen molar-refractivity contribution in [2.75, 3.05) is 0 Å². The Kier molecular flexibility index (Phi) is 3.23. The van der Waals surface area contributed by atoms with E-state index in [4.69, 9.17) is 0 Å². The van der Waals surface area contributed by atoms with Gasteiger partial charge in [-0.25, -0.2) is 0 Å². The number of fused-ring (bicyclic) bond motifs is 3. The molecule has 0 aliphatic rings. The van der Waals surface area contributed by atoms with Gasteiger partial charge >= 0.3 is 11.1 Å². The number of aromatic amines is 2. The predicted octanol–water partition coefficient (Wildman–Crippen LogP) is 1.79. The second-order valence-electron chi connectivity index (χ2n) is 3.47. The van der Waals surface area contributed by atoms with E-state index in [2.05, 4.69) is 15.0 Å². The highest BCUT2D eigenvalue weighted by atomic mass is 16.2. The van der Waals surface area contributed by atoms with Gasteiger partial charge in [-0.2, -0.15) is 0 Å². The molecule has 1 aromatic carbocycles. The molecule has 0 unspecified atom stereocenters. The molecule has 3 aromatic rings. The van der Waals surface area contributed by atoms with Crippen LogP contribution in [-0.2, 0) is 0 Å². The van der Waals surface area contributed by atoms with Crippen LogP contribution in [0.25, 0.3) is 21.9 Å². The van der Waals surface area contributed by atoms with Crippen molar-refractivity contribution in [2.45, 2.75) is 13.8 Å². The molecule has 0 amide bonds. The molecule has 92 valence electrons. The third-order valence-corrected chi connectivity index (χ3v) is 2.48. The van der Waals surface area contributed by atoms with E-state index in [0.717, 1.165) is 10.9 Å². The molecule has 5 nitrogen and oxygen atoms in total. The number of pyridine rings is 1. The fraction of sp³-hybridized carbons (Fsp3) is 0.154. The zero-order valence-corrected chi connectivity index (χ0v) is 10.2. The van der Waals surface area contributed by atoms with Crippen LogP contribution in [0.4, 0.5) is 0 Å². The van der Waals surface area contributed by atoms with Crippen LogP contribution in [0.5, 0.6) is 0 Å². The molecule has 0 spiro atoms. The summed E-state index contributed by atoms with van der Waals surface area (Å²) in [4.78, 5) is 31.7. The Morgan fingerprint density at radius 1 is 1.00 bits per heavy atom. The number of aromatic nitrogens is 3. The fourth-order valence-electron chi connectivity index (χ4n) is 1.74. The van der Waals surface area contributed by atoms with Crippen LogP contribution in [-0.4, -0.2) is 15.0 Å². The van der Waals surface area contributed by atoms with Gasteiger partial charge in [-0.15, -0.1) is 0 Å². The Hall–Kier alpha value is -2.43. The lowest BCUT2D eigenvalue weighted by Gasteiger charge is -2.01. The summed E-state index contributed by atoms with van der Waals surface area (Å²) in [5.74, 6) is 0. The first-order chi connectivity index (χ1) is 8.75. The first-order valence-electron chi connectivity index (χ1n) is 5.76. The van der Waals surface area contributed by atoms with Gasteiger partial charge in [0.2, 0.25) is 0 Å². The average molecular weight is 243 g/mol. The molecule has 0 radical (unpaired) electrons. The van der Waals surface area contributed by atoms with Crippen molar-refractivity contribution in [2.24, 2.45) is 0 Å². The van der Waals surface area contributed by atoms with Gasteiger partial charge in [-0.1, -0.05) is 13.8 Å². The zero-order chi connectivity index (χ0) is 13.1. The van der Waals surface area contributed by atoms with Crippen LogP contribution >= 0.6 is 0 Å². The molecule has 2 N–H and O–H groups in total.